The van der Waals surface area contributed by atoms with E-state index in [0.29, 0.717) is 11.5 Å². The molecular formula is C40H33N3O2Pt. The minimum absolute atomic E-state index is 0. The maximum Gasteiger partial charge on any atom is 2.00 e. The molecule has 5 nitrogen and oxygen atoms in total. The Balaban J connectivity index is 0.00000338. The minimum atomic E-state index is -0.0800. The Hall–Kier alpha value is -4.47. The molecule has 4 aromatic heterocycles. The molecule has 4 heterocycles. The quantitative estimate of drug-likeness (QED) is 0.168. The number of aromatic nitrogens is 3. The van der Waals surface area contributed by atoms with Gasteiger partial charge in [-0.2, -0.15) is 6.07 Å². The van der Waals surface area contributed by atoms with Crippen molar-refractivity contribution in [3.63, 3.8) is 0 Å². The van der Waals surface area contributed by atoms with Gasteiger partial charge in [0.15, 0.2) is 0 Å². The van der Waals surface area contributed by atoms with Crippen LogP contribution in [0.5, 0.6) is 11.5 Å². The Morgan fingerprint density at radius 3 is 2.28 bits per heavy atom. The Morgan fingerprint density at radius 2 is 1.48 bits per heavy atom. The van der Waals surface area contributed by atoms with Crippen molar-refractivity contribution < 1.29 is 30.2 Å². The van der Waals surface area contributed by atoms with Gasteiger partial charge in [-0.1, -0.05) is 77.4 Å². The Bertz CT molecular complexity index is 2440. The minimum Gasteiger partial charge on any atom is -0.503 e. The van der Waals surface area contributed by atoms with Crippen LogP contribution in [0.3, 0.4) is 0 Å². The van der Waals surface area contributed by atoms with Gasteiger partial charge in [0, 0.05) is 35.0 Å². The van der Waals surface area contributed by atoms with Gasteiger partial charge in [-0.25, -0.2) is 4.98 Å². The molecule has 0 saturated heterocycles. The van der Waals surface area contributed by atoms with Gasteiger partial charge in [0.25, 0.3) is 0 Å². The summed E-state index contributed by atoms with van der Waals surface area (Å²) in [6, 6.07) is 34.0. The third-order valence-corrected chi connectivity index (χ3v) is 8.64. The molecule has 0 unspecified atom stereocenters. The van der Waals surface area contributed by atoms with E-state index in [9.17, 15) is 0 Å². The van der Waals surface area contributed by atoms with Crippen LogP contribution in [0.2, 0.25) is 0 Å². The smallest absolute Gasteiger partial charge is 0.503 e. The first-order valence-electron chi connectivity index (χ1n) is 15.3. The van der Waals surface area contributed by atoms with Crippen LogP contribution in [-0.2, 0) is 31.9 Å². The van der Waals surface area contributed by atoms with Crippen LogP contribution in [0.4, 0.5) is 0 Å². The van der Waals surface area contributed by atoms with Crippen LogP contribution < -0.4 is 4.74 Å². The van der Waals surface area contributed by atoms with Crippen LogP contribution in [0.1, 0.15) is 52.7 Å². The summed E-state index contributed by atoms with van der Waals surface area (Å²) in [5.74, 6) is 2.06. The summed E-state index contributed by atoms with van der Waals surface area (Å²) in [5, 5.41) is 5.15. The Kier molecular flexibility index (Phi) is 7.10. The van der Waals surface area contributed by atoms with Crippen molar-refractivity contribution in [1.82, 2.24) is 14.5 Å². The van der Waals surface area contributed by atoms with E-state index in [1.54, 1.807) is 0 Å². The van der Waals surface area contributed by atoms with Gasteiger partial charge in [-0.15, -0.1) is 40.4 Å². The van der Waals surface area contributed by atoms with Gasteiger partial charge >= 0.3 is 21.1 Å². The molecule has 230 valence electrons. The number of rotatable bonds is 3. The molecule has 0 amide bonds. The zero-order valence-corrected chi connectivity index (χ0v) is 28.9. The third kappa shape index (κ3) is 4.89. The van der Waals surface area contributed by atoms with Crippen molar-refractivity contribution in [3.8, 4) is 17.3 Å². The summed E-state index contributed by atoms with van der Waals surface area (Å²) in [6.45, 7) is 13.2. The number of hydrogen-bond acceptors (Lipinski definition) is 4. The molecule has 46 heavy (non-hydrogen) atoms. The Labute approximate surface area is 282 Å². The fraction of sp³-hybridized carbons (Fsp3) is 0.200. The first-order chi connectivity index (χ1) is 21.6. The molecule has 0 spiro atoms. The van der Waals surface area contributed by atoms with E-state index in [2.05, 4.69) is 113 Å². The van der Waals surface area contributed by atoms with Crippen molar-refractivity contribution in [2.24, 2.45) is 0 Å². The molecule has 4 aromatic carbocycles. The number of hydrogen-bond donors (Lipinski definition) is 0. The van der Waals surface area contributed by atoms with Gasteiger partial charge in [-0.3, -0.25) is 4.98 Å². The van der Waals surface area contributed by atoms with Crippen molar-refractivity contribution in [3.05, 3.63) is 115 Å². The van der Waals surface area contributed by atoms with E-state index in [1.165, 1.54) is 5.56 Å². The molecule has 0 saturated carbocycles. The molecule has 8 aromatic rings. The zero-order chi connectivity index (χ0) is 31.1. The van der Waals surface area contributed by atoms with E-state index >= 15 is 0 Å². The van der Waals surface area contributed by atoms with Crippen LogP contribution in [0, 0.1) is 12.1 Å². The molecule has 8 rings (SSSR count). The number of pyridine rings is 2. The standard InChI is InChI=1S/C40H33N3O2.Pt/c1-39(2,3)25-17-19-41-35(21-25)43-32-10-8-7-9-28(32)29-15-14-27(23-33(29)43)44-26-13-11-24-12-16-34-36(30(24)22-26)37-38(45-34)31(18-20-42-37)40(4,5)6;/h7-21H,1-6H3;/q-2;+2. The van der Waals surface area contributed by atoms with E-state index in [-0.39, 0.29) is 31.9 Å². The first-order valence-corrected chi connectivity index (χ1v) is 15.3. The van der Waals surface area contributed by atoms with Crippen LogP contribution in [0.15, 0.2) is 95.7 Å². The molecule has 0 bridgehead atoms. The van der Waals surface area contributed by atoms with Gasteiger partial charge in [0.05, 0.1) is 11.1 Å². The monoisotopic (exact) mass is 782 g/mol. The maximum absolute atomic E-state index is 6.48. The number of ether oxygens (including phenoxy) is 1. The summed E-state index contributed by atoms with van der Waals surface area (Å²) in [6.07, 6.45) is 3.76. The number of fused-ring (bicyclic) bond motifs is 8. The van der Waals surface area contributed by atoms with Crippen molar-refractivity contribution >= 4 is 54.6 Å². The number of nitrogens with zero attached hydrogens (tertiary/aromatic N) is 3. The van der Waals surface area contributed by atoms with Crippen LogP contribution >= 0.6 is 0 Å². The largest absolute Gasteiger partial charge is 2.00 e. The SMILES string of the molecule is CC(C)(C)c1ccnc(-n2c3[c-]c(Oc4[c-]c5c(cc4)ccc4oc6c(C(C)(C)C)ccnc6c45)ccc3c3ccccc32)c1.[Pt+2]. The molecule has 0 aliphatic rings. The molecule has 0 aliphatic heterocycles. The van der Waals surface area contributed by atoms with Crippen LogP contribution in [-0.4, -0.2) is 14.5 Å². The molecule has 6 heteroatoms. The van der Waals surface area contributed by atoms with E-state index in [1.807, 2.05) is 36.7 Å². The van der Waals surface area contributed by atoms with Gasteiger partial charge < -0.3 is 13.7 Å². The topological polar surface area (TPSA) is 53.1 Å². The molecular weight excluding hydrogens is 750 g/mol. The van der Waals surface area contributed by atoms with Gasteiger partial charge in [0.2, 0.25) is 0 Å². The summed E-state index contributed by atoms with van der Waals surface area (Å²) in [5.41, 5.74) is 6.71. The molecule has 0 fully saturated rings. The van der Waals surface area contributed by atoms with E-state index < -0.39 is 0 Å². The van der Waals surface area contributed by atoms with Crippen molar-refractivity contribution in [1.29, 1.82) is 0 Å². The molecule has 0 N–H and O–H groups in total. The fourth-order valence-electron chi connectivity index (χ4n) is 6.31. The zero-order valence-electron chi connectivity index (χ0n) is 26.6. The van der Waals surface area contributed by atoms with Crippen LogP contribution in [0.25, 0.3) is 60.5 Å². The fourth-order valence-corrected chi connectivity index (χ4v) is 6.31. The summed E-state index contributed by atoms with van der Waals surface area (Å²) >= 11 is 0. The second-order valence-electron chi connectivity index (χ2n) is 13.8. The first kappa shape index (κ1) is 30.2. The van der Waals surface area contributed by atoms with E-state index in [4.69, 9.17) is 19.1 Å². The number of furan rings is 1. The second-order valence-corrected chi connectivity index (χ2v) is 13.8. The summed E-state index contributed by atoms with van der Waals surface area (Å²) in [7, 11) is 0. The average molecular weight is 783 g/mol. The average Bonchev–Trinajstić information content (AvgIpc) is 3.56. The van der Waals surface area contributed by atoms with Crippen molar-refractivity contribution in [2.75, 3.05) is 0 Å². The van der Waals surface area contributed by atoms with Gasteiger partial charge in [-0.05, 0) is 57.5 Å². The molecule has 0 radical (unpaired) electrons. The molecule has 0 aliphatic carbocycles. The van der Waals surface area contributed by atoms with E-state index in [0.717, 1.165) is 66.0 Å². The molecule has 0 atom stereocenters. The third-order valence-electron chi connectivity index (χ3n) is 8.64. The second kappa shape index (κ2) is 10.8. The van der Waals surface area contributed by atoms with Gasteiger partial charge in [0.1, 0.15) is 11.4 Å². The predicted molar refractivity (Wildman–Crippen MR) is 183 cm³/mol. The maximum atomic E-state index is 6.48. The Morgan fingerprint density at radius 1 is 0.739 bits per heavy atom. The predicted octanol–water partition coefficient (Wildman–Crippen LogP) is 10.6. The number of para-hydroxylation sites is 1. The van der Waals surface area contributed by atoms with Crippen molar-refractivity contribution in [2.45, 2.75) is 52.4 Å². The normalized spacial score (nSPS) is 12.4. The summed E-state index contributed by atoms with van der Waals surface area (Å²) in [4.78, 5) is 9.55. The summed E-state index contributed by atoms with van der Waals surface area (Å²) < 4.78 is 15.1. The number of benzene rings is 4.